The lowest BCUT2D eigenvalue weighted by atomic mass is 10.3. The number of carbonyl (C=O) groups excluding carboxylic acids is 1. The fourth-order valence-corrected chi connectivity index (χ4v) is 1.86. The Hall–Kier alpha value is -3.03. The normalized spacial score (nSPS) is 10.7. The standard InChI is InChI=1S/C13H12N6O2/c1-18-8-15-19(13(18)21)7-12(20)17-11-6-14-9-4-2-3-5-10(9)16-11/h2-6,8H,7H2,1H3,(H,16,17,20). The third kappa shape index (κ3) is 2.64. The fourth-order valence-electron chi connectivity index (χ4n) is 1.86. The van der Waals surface area contributed by atoms with Crippen molar-refractivity contribution in [2.24, 2.45) is 7.05 Å². The van der Waals surface area contributed by atoms with E-state index in [0.717, 1.165) is 10.2 Å². The minimum atomic E-state index is -0.389. The van der Waals surface area contributed by atoms with Gasteiger partial charge < -0.3 is 5.32 Å². The van der Waals surface area contributed by atoms with Gasteiger partial charge in [0.2, 0.25) is 5.91 Å². The van der Waals surface area contributed by atoms with Crippen LogP contribution in [0.3, 0.4) is 0 Å². The van der Waals surface area contributed by atoms with E-state index in [4.69, 9.17) is 0 Å². The molecule has 0 aliphatic heterocycles. The molecular formula is C13H12N6O2. The summed E-state index contributed by atoms with van der Waals surface area (Å²) >= 11 is 0. The number of para-hydroxylation sites is 2. The Morgan fingerprint density at radius 1 is 1.29 bits per heavy atom. The van der Waals surface area contributed by atoms with Gasteiger partial charge in [0, 0.05) is 7.05 Å². The molecule has 1 N–H and O–H groups in total. The zero-order chi connectivity index (χ0) is 14.8. The molecule has 0 aliphatic rings. The topological polar surface area (TPSA) is 94.7 Å². The van der Waals surface area contributed by atoms with E-state index < -0.39 is 0 Å². The first-order chi connectivity index (χ1) is 10.1. The van der Waals surface area contributed by atoms with Gasteiger partial charge in [-0.3, -0.25) is 14.3 Å². The molecule has 0 radical (unpaired) electrons. The molecule has 0 bridgehead atoms. The minimum absolute atomic E-state index is 0.172. The van der Waals surface area contributed by atoms with Crippen LogP contribution in [0, 0.1) is 0 Å². The second kappa shape index (κ2) is 5.16. The van der Waals surface area contributed by atoms with Gasteiger partial charge >= 0.3 is 5.69 Å². The summed E-state index contributed by atoms with van der Waals surface area (Å²) in [5, 5.41) is 6.41. The molecule has 8 heteroatoms. The van der Waals surface area contributed by atoms with Crippen LogP contribution in [0.15, 0.2) is 41.6 Å². The molecule has 8 nitrogen and oxygen atoms in total. The Bertz CT molecular complexity index is 866. The van der Waals surface area contributed by atoms with E-state index in [1.807, 2.05) is 18.2 Å². The summed E-state index contributed by atoms with van der Waals surface area (Å²) < 4.78 is 2.37. The van der Waals surface area contributed by atoms with Crippen molar-refractivity contribution in [2.45, 2.75) is 6.54 Å². The van der Waals surface area contributed by atoms with Gasteiger partial charge in [-0.1, -0.05) is 12.1 Å². The molecule has 0 fully saturated rings. The zero-order valence-corrected chi connectivity index (χ0v) is 11.2. The Balaban J connectivity index is 1.77. The van der Waals surface area contributed by atoms with Gasteiger partial charge in [-0.15, -0.1) is 0 Å². The number of hydrogen-bond donors (Lipinski definition) is 1. The maximum absolute atomic E-state index is 11.9. The second-order valence-electron chi connectivity index (χ2n) is 4.47. The average molecular weight is 284 g/mol. The molecule has 0 saturated heterocycles. The smallest absolute Gasteiger partial charge is 0.308 e. The second-order valence-corrected chi connectivity index (χ2v) is 4.47. The lowest BCUT2D eigenvalue weighted by Gasteiger charge is -2.04. The molecule has 2 aromatic heterocycles. The molecule has 0 unspecified atom stereocenters. The number of fused-ring (bicyclic) bond motifs is 1. The third-order valence-corrected chi connectivity index (χ3v) is 2.90. The lowest BCUT2D eigenvalue weighted by molar-refractivity contribution is -0.117. The van der Waals surface area contributed by atoms with Crippen LogP contribution in [0.2, 0.25) is 0 Å². The first-order valence-electron chi connectivity index (χ1n) is 6.23. The first kappa shape index (κ1) is 13.0. The molecule has 3 aromatic rings. The highest BCUT2D eigenvalue weighted by molar-refractivity contribution is 5.90. The van der Waals surface area contributed by atoms with Gasteiger partial charge in [0.1, 0.15) is 12.9 Å². The van der Waals surface area contributed by atoms with Crippen molar-refractivity contribution >= 4 is 22.8 Å². The number of aryl methyl sites for hydroxylation is 1. The van der Waals surface area contributed by atoms with Crippen LogP contribution in [0.4, 0.5) is 5.82 Å². The summed E-state index contributed by atoms with van der Waals surface area (Å²) in [5.41, 5.74) is 1.08. The van der Waals surface area contributed by atoms with E-state index in [0.29, 0.717) is 11.3 Å². The van der Waals surface area contributed by atoms with Crippen LogP contribution < -0.4 is 11.0 Å². The van der Waals surface area contributed by atoms with Crippen molar-refractivity contribution in [3.63, 3.8) is 0 Å². The number of benzene rings is 1. The summed E-state index contributed by atoms with van der Waals surface area (Å²) in [7, 11) is 1.57. The summed E-state index contributed by atoms with van der Waals surface area (Å²) in [6, 6.07) is 7.35. The maximum Gasteiger partial charge on any atom is 0.345 e. The molecule has 0 spiro atoms. The van der Waals surface area contributed by atoms with Crippen LogP contribution in [0.5, 0.6) is 0 Å². The molecule has 21 heavy (non-hydrogen) atoms. The quantitative estimate of drug-likeness (QED) is 0.739. The number of amides is 1. The van der Waals surface area contributed by atoms with E-state index in [-0.39, 0.29) is 18.1 Å². The number of nitrogens with one attached hydrogen (secondary N) is 1. The average Bonchev–Trinajstić information content (AvgIpc) is 2.79. The van der Waals surface area contributed by atoms with Crippen LogP contribution in [0.1, 0.15) is 0 Å². The summed E-state index contributed by atoms with van der Waals surface area (Å²) in [5.74, 6) is -0.0527. The van der Waals surface area contributed by atoms with Gasteiger partial charge in [0.25, 0.3) is 0 Å². The monoisotopic (exact) mass is 284 g/mol. The van der Waals surface area contributed by atoms with Gasteiger partial charge in [-0.2, -0.15) is 5.10 Å². The highest BCUT2D eigenvalue weighted by Crippen LogP contribution is 2.11. The van der Waals surface area contributed by atoms with E-state index in [2.05, 4.69) is 20.4 Å². The molecule has 0 aliphatic carbocycles. The van der Waals surface area contributed by atoms with Gasteiger partial charge in [0.05, 0.1) is 17.2 Å². The Morgan fingerprint density at radius 2 is 2.05 bits per heavy atom. The third-order valence-electron chi connectivity index (χ3n) is 2.90. The minimum Gasteiger partial charge on any atom is -0.308 e. The molecule has 0 saturated carbocycles. The lowest BCUT2D eigenvalue weighted by Crippen LogP contribution is -2.29. The molecule has 1 aromatic carbocycles. The predicted molar refractivity (Wildman–Crippen MR) is 75.6 cm³/mol. The Labute approximate surface area is 119 Å². The van der Waals surface area contributed by atoms with Crippen molar-refractivity contribution in [1.82, 2.24) is 24.3 Å². The molecule has 0 atom stereocenters. The van der Waals surface area contributed by atoms with E-state index >= 15 is 0 Å². The van der Waals surface area contributed by atoms with Crippen LogP contribution in [-0.4, -0.2) is 30.2 Å². The fraction of sp³-hybridized carbons (Fsp3) is 0.154. The van der Waals surface area contributed by atoms with Crippen molar-refractivity contribution in [3.8, 4) is 0 Å². The number of rotatable bonds is 3. The zero-order valence-electron chi connectivity index (χ0n) is 11.2. The SMILES string of the molecule is Cn1cnn(CC(=O)Nc2cnc3ccccc3n2)c1=O. The Kier molecular flexibility index (Phi) is 3.19. The maximum atomic E-state index is 11.9. The van der Waals surface area contributed by atoms with Gasteiger partial charge in [0.15, 0.2) is 5.82 Å². The van der Waals surface area contributed by atoms with E-state index in [1.54, 1.807) is 13.1 Å². The number of nitrogens with zero attached hydrogens (tertiary/aromatic N) is 5. The van der Waals surface area contributed by atoms with Gasteiger partial charge in [-0.05, 0) is 12.1 Å². The molecule has 3 rings (SSSR count). The van der Waals surface area contributed by atoms with Crippen LogP contribution in [0.25, 0.3) is 11.0 Å². The van der Waals surface area contributed by atoms with E-state index in [1.165, 1.54) is 17.1 Å². The molecule has 106 valence electrons. The largest absolute Gasteiger partial charge is 0.345 e. The van der Waals surface area contributed by atoms with Crippen molar-refractivity contribution < 1.29 is 4.79 Å². The summed E-state index contributed by atoms with van der Waals surface area (Å²) in [6.07, 6.45) is 2.83. The van der Waals surface area contributed by atoms with Crippen LogP contribution >= 0.6 is 0 Å². The molecular weight excluding hydrogens is 272 g/mol. The molecule has 2 heterocycles. The molecule has 1 amide bonds. The first-order valence-corrected chi connectivity index (χ1v) is 6.23. The number of aromatic nitrogens is 5. The summed E-state index contributed by atoms with van der Waals surface area (Å²) in [6.45, 7) is -0.172. The highest BCUT2D eigenvalue weighted by Gasteiger charge is 2.09. The number of carbonyl (C=O) groups is 1. The van der Waals surface area contributed by atoms with Crippen molar-refractivity contribution in [3.05, 3.63) is 47.3 Å². The van der Waals surface area contributed by atoms with Crippen molar-refractivity contribution in [1.29, 1.82) is 0 Å². The van der Waals surface area contributed by atoms with Crippen LogP contribution in [-0.2, 0) is 18.4 Å². The van der Waals surface area contributed by atoms with E-state index in [9.17, 15) is 9.59 Å². The Morgan fingerprint density at radius 3 is 2.76 bits per heavy atom. The number of hydrogen-bond acceptors (Lipinski definition) is 5. The summed E-state index contributed by atoms with van der Waals surface area (Å²) in [4.78, 5) is 32.0. The van der Waals surface area contributed by atoms with Crippen molar-refractivity contribution in [2.75, 3.05) is 5.32 Å². The highest BCUT2D eigenvalue weighted by atomic mass is 16.2. The number of anilines is 1. The van der Waals surface area contributed by atoms with Gasteiger partial charge in [-0.25, -0.2) is 14.5 Å². The predicted octanol–water partition coefficient (Wildman–Crippen LogP) is 0.164.